The fraction of sp³-hybridized carbons (Fsp3) is 0.562. The molecule has 1 amide bonds. The Hall–Kier alpha value is -1.17. The van der Waals surface area contributed by atoms with E-state index >= 15 is 0 Å². The number of nitrogens with one attached hydrogen (secondary N) is 2. The van der Waals surface area contributed by atoms with Crippen molar-refractivity contribution in [1.82, 2.24) is 10.6 Å². The first-order valence-electron chi connectivity index (χ1n) is 7.53. The summed E-state index contributed by atoms with van der Waals surface area (Å²) >= 11 is 0. The molecule has 1 fully saturated rings. The predicted octanol–water partition coefficient (Wildman–Crippen LogP) is 2.27. The molecule has 0 radical (unpaired) electrons. The Bertz CT molecular complexity index is 436. The maximum Gasteiger partial charge on any atom is 0.246 e. The molecule has 4 nitrogen and oxygen atoms in total. The van der Waals surface area contributed by atoms with Gasteiger partial charge in [0.1, 0.15) is 12.4 Å². The van der Waals surface area contributed by atoms with E-state index in [1.165, 1.54) is 25.0 Å². The SMILES string of the molecule is Cl.O=C(COCc1ccc(F)cc1)NCCC1CCNCC1. The Morgan fingerprint density at radius 3 is 2.64 bits per heavy atom. The molecule has 0 unspecified atom stereocenters. The quantitative estimate of drug-likeness (QED) is 0.806. The van der Waals surface area contributed by atoms with Gasteiger partial charge in [-0.3, -0.25) is 4.79 Å². The highest BCUT2D eigenvalue weighted by Crippen LogP contribution is 2.14. The monoisotopic (exact) mass is 330 g/mol. The molecular formula is C16H24ClFN2O2. The van der Waals surface area contributed by atoms with E-state index in [0.717, 1.165) is 25.1 Å². The molecule has 1 aliphatic heterocycles. The van der Waals surface area contributed by atoms with E-state index in [1.54, 1.807) is 12.1 Å². The van der Waals surface area contributed by atoms with Crippen molar-refractivity contribution in [2.75, 3.05) is 26.2 Å². The number of carbonyl (C=O) groups is 1. The van der Waals surface area contributed by atoms with E-state index in [1.807, 2.05) is 0 Å². The molecule has 0 bridgehead atoms. The first-order valence-corrected chi connectivity index (χ1v) is 7.53. The van der Waals surface area contributed by atoms with E-state index in [0.29, 0.717) is 19.1 Å². The van der Waals surface area contributed by atoms with Gasteiger partial charge in [0, 0.05) is 6.54 Å². The Morgan fingerprint density at radius 1 is 1.27 bits per heavy atom. The zero-order valence-corrected chi connectivity index (χ0v) is 13.5. The molecule has 0 spiro atoms. The van der Waals surface area contributed by atoms with Crippen LogP contribution in [0.15, 0.2) is 24.3 Å². The second kappa shape index (κ2) is 10.5. The van der Waals surface area contributed by atoms with Crippen molar-refractivity contribution < 1.29 is 13.9 Å². The summed E-state index contributed by atoms with van der Waals surface area (Å²) in [5.74, 6) is 0.354. The lowest BCUT2D eigenvalue weighted by atomic mass is 9.95. The molecule has 0 atom stereocenters. The second-order valence-electron chi connectivity index (χ2n) is 5.45. The standard InChI is InChI=1S/C16H23FN2O2.ClH/c17-15-3-1-14(2-4-15)11-21-12-16(20)19-10-7-13-5-8-18-9-6-13;/h1-4,13,18H,5-12H2,(H,19,20);1H. The molecule has 1 saturated heterocycles. The molecule has 1 aromatic rings. The van der Waals surface area contributed by atoms with Crippen LogP contribution in [0, 0.1) is 11.7 Å². The van der Waals surface area contributed by atoms with Crippen LogP contribution in [0.5, 0.6) is 0 Å². The Kier molecular flexibility index (Phi) is 9.04. The maximum atomic E-state index is 12.7. The normalized spacial score (nSPS) is 15.1. The summed E-state index contributed by atoms with van der Waals surface area (Å²) in [5.41, 5.74) is 0.860. The van der Waals surface area contributed by atoms with Gasteiger partial charge in [-0.1, -0.05) is 12.1 Å². The van der Waals surface area contributed by atoms with Crippen molar-refractivity contribution in [3.05, 3.63) is 35.6 Å². The average Bonchev–Trinajstić information content (AvgIpc) is 2.50. The number of hydrogen-bond acceptors (Lipinski definition) is 3. The third-order valence-corrected chi connectivity index (χ3v) is 3.75. The number of benzene rings is 1. The smallest absolute Gasteiger partial charge is 0.246 e. The van der Waals surface area contributed by atoms with Crippen molar-refractivity contribution in [2.45, 2.75) is 25.9 Å². The summed E-state index contributed by atoms with van der Waals surface area (Å²) < 4.78 is 18.0. The number of carbonyl (C=O) groups excluding carboxylic acids is 1. The first kappa shape index (κ1) is 18.9. The Labute approximate surface area is 137 Å². The van der Waals surface area contributed by atoms with Gasteiger partial charge in [-0.2, -0.15) is 0 Å². The van der Waals surface area contributed by atoms with Gasteiger partial charge in [0.25, 0.3) is 0 Å². The van der Waals surface area contributed by atoms with Gasteiger partial charge in [0.2, 0.25) is 5.91 Å². The highest BCUT2D eigenvalue weighted by molar-refractivity contribution is 5.85. The van der Waals surface area contributed by atoms with Crippen LogP contribution >= 0.6 is 12.4 Å². The van der Waals surface area contributed by atoms with Crippen molar-refractivity contribution in [2.24, 2.45) is 5.92 Å². The fourth-order valence-corrected chi connectivity index (χ4v) is 2.48. The van der Waals surface area contributed by atoms with Crippen LogP contribution in [-0.2, 0) is 16.1 Å². The zero-order valence-electron chi connectivity index (χ0n) is 12.6. The minimum atomic E-state index is -0.269. The van der Waals surface area contributed by atoms with Gasteiger partial charge in [-0.15, -0.1) is 12.4 Å². The first-order chi connectivity index (χ1) is 10.2. The molecule has 1 aliphatic rings. The molecule has 0 aromatic heterocycles. The summed E-state index contributed by atoms with van der Waals surface area (Å²) in [6.07, 6.45) is 3.42. The average molecular weight is 331 g/mol. The Morgan fingerprint density at radius 2 is 1.95 bits per heavy atom. The van der Waals surface area contributed by atoms with Crippen molar-refractivity contribution >= 4 is 18.3 Å². The third-order valence-electron chi connectivity index (χ3n) is 3.75. The molecule has 124 valence electrons. The summed E-state index contributed by atoms with van der Waals surface area (Å²) in [7, 11) is 0. The summed E-state index contributed by atoms with van der Waals surface area (Å²) in [5, 5.41) is 6.21. The van der Waals surface area contributed by atoms with Crippen LogP contribution in [-0.4, -0.2) is 32.1 Å². The minimum absolute atomic E-state index is 0. The topological polar surface area (TPSA) is 50.4 Å². The number of piperidine rings is 1. The van der Waals surface area contributed by atoms with Crippen LogP contribution in [0.1, 0.15) is 24.8 Å². The van der Waals surface area contributed by atoms with Crippen LogP contribution in [0.4, 0.5) is 4.39 Å². The van der Waals surface area contributed by atoms with Crippen molar-refractivity contribution in [3.8, 4) is 0 Å². The zero-order chi connectivity index (χ0) is 14.9. The van der Waals surface area contributed by atoms with Gasteiger partial charge in [-0.25, -0.2) is 4.39 Å². The number of ether oxygens (including phenoxy) is 1. The van der Waals surface area contributed by atoms with Gasteiger partial charge >= 0.3 is 0 Å². The number of hydrogen-bond donors (Lipinski definition) is 2. The van der Waals surface area contributed by atoms with Crippen molar-refractivity contribution in [1.29, 1.82) is 0 Å². The molecule has 2 N–H and O–H groups in total. The second-order valence-corrected chi connectivity index (χ2v) is 5.45. The van der Waals surface area contributed by atoms with Gasteiger partial charge in [0.05, 0.1) is 6.61 Å². The minimum Gasteiger partial charge on any atom is -0.367 e. The van der Waals surface area contributed by atoms with Gasteiger partial charge < -0.3 is 15.4 Å². The van der Waals surface area contributed by atoms with Gasteiger partial charge in [-0.05, 0) is 56.0 Å². The number of rotatable bonds is 7. The highest BCUT2D eigenvalue weighted by atomic mass is 35.5. The summed E-state index contributed by atoms with van der Waals surface area (Å²) in [4.78, 5) is 11.6. The van der Waals surface area contributed by atoms with Crippen LogP contribution < -0.4 is 10.6 Å². The van der Waals surface area contributed by atoms with E-state index in [-0.39, 0.29) is 30.7 Å². The molecule has 6 heteroatoms. The van der Waals surface area contributed by atoms with E-state index < -0.39 is 0 Å². The van der Waals surface area contributed by atoms with Crippen molar-refractivity contribution in [3.63, 3.8) is 0 Å². The summed E-state index contributed by atoms with van der Waals surface area (Å²) in [6, 6.07) is 6.09. The van der Waals surface area contributed by atoms with Crippen LogP contribution in [0.25, 0.3) is 0 Å². The van der Waals surface area contributed by atoms with E-state index in [2.05, 4.69) is 10.6 Å². The number of amides is 1. The van der Waals surface area contributed by atoms with Crippen LogP contribution in [0.2, 0.25) is 0 Å². The molecule has 0 saturated carbocycles. The lowest BCUT2D eigenvalue weighted by Gasteiger charge is -2.22. The van der Waals surface area contributed by atoms with E-state index in [9.17, 15) is 9.18 Å². The number of halogens is 2. The highest BCUT2D eigenvalue weighted by Gasteiger charge is 2.12. The molecule has 1 heterocycles. The maximum absolute atomic E-state index is 12.7. The lowest BCUT2D eigenvalue weighted by molar-refractivity contribution is -0.126. The van der Waals surface area contributed by atoms with Gasteiger partial charge in [0.15, 0.2) is 0 Å². The van der Waals surface area contributed by atoms with Crippen LogP contribution in [0.3, 0.4) is 0 Å². The predicted molar refractivity (Wildman–Crippen MR) is 86.5 cm³/mol. The largest absolute Gasteiger partial charge is 0.367 e. The molecule has 22 heavy (non-hydrogen) atoms. The Balaban J connectivity index is 0.00000242. The molecule has 1 aromatic carbocycles. The van der Waals surface area contributed by atoms with E-state index in [4.69, 9.17) is 4.74 Å². The lowest BCUT2D eigenvalue weighted by Crippen LogP contribution is -2.32. The summed E-state index contributed by atoms with van der Waals surface area (Å²) in [6.45, 7) is 3.24. The molecule has 2 rings (SSSR count). The molecular weight excluding hydrogens is 307 g/mol. The third kappa shape index (κ3) is 7.20. The fourth-order valence-electron chi connectivity index (χ4n) is 2.48. The molecule has 0 aliphatic carbocycles.